The maximum atomic E-state index is 13.0. The van der Waals surface area contributed by atoms with Gasteiger partial charge >= 0.3 is 5.97 Å². The standard InChI is InChI=1S/C16H20N6O6S/c1-15(2,3)28-12(25)11-9(6-23)7-29-14-16(27-4,13(26)22(11)14)18-10(24)5-21-8-17-19-20-21/h6-8,11,14H,5H2,1-4H3,(H,18,24)/t11?,14-,16?/m1/s1. The summed E-state index contributed by atoms with van der Waals surface area (Å²) in [6.45, 7) is 4.82. The van der Waals surface area contributed by atoms with E-state index in [0.717, 1.165) is 11.8 Å². The Bertz CT molecular complexity index is 866. The molecule has 0 aliphatic carbocycles. The maximum Gasteiger partial charge on any atom is 0.334 e. The Labute approximate surface area is 169 Å². The lowest BCUT2D eigenvalue weighted by Crippen LogP contribution is -2.83. The highest BCUT2D eigenvalue weighted by Crippen LogP contribution is 2.46. The lowest BCUT2D eigenvalue weighted by atomic mass is 9.94. The Balaban J connectivity index is 1.83. The average Bonchev–Trinajstić information content (AvgIpc) is 3.15. The molecule has 0 radical (unpaired) electrons. The van der Waals surface area contributed by atoms with Crippen LogP contribution in [0.4, 0.5) is 0 Å². The van der Waals surface area contributed by atoms with Crippen molar-refractivity contribution in [3.8, 4) is 0 Å². The summed E-state index contributed by atoms with van der Waals surface area (Å²) in [5, 5.41) is 13.7. The predicted octanol–water partition coefficient (Wildman–Crippen LogP) is -1.16. The molecule has 0 spiro atoms. The minimum absolute atomic E-state index is 0.0959. The number of carbonyl (C=O) groups is 4. The molecule has 13 heteroatoms. The Kier molecular flexibility index (Phi) is 5.45. The number of hydrogen-bond donors (Lipinski definition) is 1. The van der Waals surface area contributed by atoms with Crippen molar-refractivity contribution >= 4 is 35.8 Å². The number of aldehydes is 1. The van der Waals surface area contributed by atoms with E-state index in [9.17, 15) is 19.2 Å². The van der Waals surface area contributed by atoms with Gasteiger partial charge in [-0.3, -0.25) is 14.4 Å². The van der Waals surface area contributed by atoms with Crippen LogP contribution in [0.2, 0.25) is 0 Å². The van der Waals surface area contributed by atoms with Gasteiger partial charge in [0, 0.05) is 12.7 Å². The lowest BCUT2D eigenvalue weighted by molar-refractivity contribution is -0.204. The van der Waals surface area contributed by atoms with E-state index < -0.39 is 40.5 Å². The van der Waals surface area contributed by atoms with Crippen molar-refractivity contribution in [3.63, 3.8) is 0 Å². The molecule has 12 nitrogen and oxygen atoms in total. The van der Waals surface area contributed by atoms with E-state index in [4.69, 9.17) is 9.47 Å². The maximum absolute atomic E-state index is 13.0. The van der Waals surface area contributed by atoms with Crippen molar-refractivity contribution in [2.24, 2.45) is 0 Å². The Morgan fingerprint density at radius 2 is 2.14 bits per heavy atom. The molecule has 1 fully saturated rings. The van der Waals surface area contributed by atoms with E-state index in [0.29, 0.717) is 6.29 Å². The Morgan fingerprint density at radius 3 is 2.69 bits per heavy atom. The molecular weight excluding hydrogens is 404 g/mol. The third-order valence-corrected chi connectivity index (χ3v) is 5.41. The second kappa shape index (κ2) is 7.55. The smallest absolute Gasteiger partial charge is 0.334 e. The third-order valence-electron chi connectivity index (χ3n) is 4.19. The van der Waals surface area contributed by atoms with Gasteiger partial charge in [0.2, 0.25) is 5.91 Å². The topological polar surface area (TPSA) is 146 Å². The normalized spacial score (nSPS) is 26.1. The summed E-state index contributed by atoms with van der Waals surface area (Å²) in [6.07, 6.45) is 1.76. The van der Waals surface area contributed by atoms with Crippen molar-refractivity contribution in [2.45, 2.75) is 50.1 Å². The van der Waals surface area contributed by atoms with Crippen LogP contribution in [0, 0.1) is 0 Å². The van der Waals surface area contributed by atoms with Crippen molar-refractivity contribution in [2.75, 3.05) is 7.11 Å². The molecule has 2 unspecified atom stereocenters. The highest BCUT2D eigenvalue weighted by molar-refractivity contribution is 8.03. The number of ether oxygens (including phenoxy) is 2. The van der Waals surface area contributed by atoms with Gasteiger partial charge in [-0.15, -0.1) is 16.9 Å². The second-order valence-electron chi connectivity index (χ2n) is 7.37. The van der Waals surface area contributed by atoms with E-state index in [2.05, 4.69) is 20.8 Å². The molecule has 3 atom stereocenters. The predicted molar refractivity (Wildman–Crippen MR) is 97.7 cm³/mol. The summed E-state index contributed by atoms with van der Waals surface area (Å²) in [5.41, 5.74) is -2.41. The molecule has 1 saturated heterocycles. The van der Waals surface area contributed by atoms with Crippen LogP contribution < -0.4 is 5.32 Å². The van der Waals surface area contributed by atoms with E-state index >= 15 is 0 Å². The van der Waals surface area contributed by atoms with Gasteiger partial charge in [0.15, 0.2) is 6.04 Å². The number of aromatic nitrogens is 4. The largest absolute Gasteiger partial charge is 0.458 e. The molecule has 1 N–H and O–H groups in total. The number of thioether (sulfide) groups is 1. The summed E-state index contributed by atoms with van der Waals surface area (Å²) in [7, 11) is 1.27. The molecule has 0 saturated carbocycles. The molecular formula is C16H20N6O6S. The number of nitrogens with zero attached hydrogens (tertiary/aromatic N) is 5. The molecule has 2 aliphatic rings. The first-order chi connectivity index (χ1) is 13.6. The molecule has 1 aromatic heterocycles. The summed E-state index contributed by atoms with van der Waals surface area (Å²) >= 11 is 1.09. The number of rotatable bonds is 6. The van der Waals surface area contributed by atoms with E-state index in [1.165, 1.54) is 28.4 Å². The number of methoxy groups -OCH3 is 1. The van der Waals surface area contributed by atoms with Crippen LogP contribution in [0.3, 0.4) is 0 Å². The monoisotopic (exact) mass is 424 g/mol. The van der Waals surface area contributed by atoms with Crippen molar-refractivity contribution in [3.05, 3.63) is 17.3 Å². The average molecular weight is 424 g/mol. The summed E-state index contributed by atoms with van der Waals surface area (Å²) in [6, 6.07) is -1.22. The van der Waals surface area contributed by atoms with Crippen LogP contribution in [0.1, 0.15) is 20.8 Å². The fraction of sp³-hybridized carbons (Fsp3) is 0.562. The lowest BCUT2D eigenvalue weighted by Gasteiger charge is -2.57. The number of carbonyl (C=O) groups excluding carboxylic acids is 4. The first-order valence-corrected chi connectivity index (χ1v) is 9.50. The zero-order valence-corrected chi connectivity index (χ0v) is 17.0. The van der Waals surface area contributed by atoms with Crippen molar-refractivity contribution in [1.29, 1.82) is 0 Å². The van der Waals surface area contributed by atoms with Gasteiger partial charge in [-0.2, -0.15) is 0 Å². The summed E-state index contributed by atoms with van der Waals surface area (Å²) < 4.78 is 11.9. The van der Waals surface area contributed by atoms with Crippen molar-refractivity contribution < 1.29 is 28.7 Å². The summed E-state index contributed by atoms with van der Waals surface area (Å²) in [5.74, 6) is -1.96. The van der Waals surface area contributed by atoms with Crippen LogP contribution in [-0.2, 0) is 35.2 Å². The zero-order valence-electron chi connectivity index (χ0n) is 16.2. The highest BCUT2D eigenvalue weighted by Gasteiger charge is 2.67. The number of esters is 1. The molecule has 3 rings (SSSR count). The Hall–Kier alpha value is -2.80. The number of nitrogens with one attached hydrogen (secondary N) is 1. The number of fused-ring (bicyclic) bond motifs is 1. The summed E-state index contributed by atoms with van der Waals surface area (Å²) in [4.78, 5) is 50.7. The molecule has 0 bridgehead atoms. The van der Waals surface area contributed by atoms with Crippen LogP contribution in [0.25, 0.3) is 0 Å². The van der Waals surface area contributed by atoms with Crippen LogP contribution in [0.5, 0.6) is 0 Å². The van der Waals surface area contributed by atoms with Crippen LogP contribution in [-0.4, -0.2) is 79.0 Å². The first-order valence-electron chi connectivity index (χ1n) is 8.56. The van der Waals surface area contributed by atoms with Gasteiger partial charge in [0.25, 0.3) is 11.6 Å². The van der Waals surface area contributed by atoms with Crippen LogP contribution in [0.15, 0.2) is 17.3 Å². The van der Waals surface area contributed by atoms with Crippen molar-refractivity contribution in [1.82, 2.24) is 30.4 Å². The molecule has 3 heterocycles. The number of hydrogen-bond acceptors (Lipinski definition) is 10. The van der Waals surface area contributed by atoms with Gasteiger partial charge in [0.05, 0.1) is 0 Å². The molecule has 156 valence electrons. The quantitative estimate of drug-likeness (QED) is 0.257. The van der Waals surface area contributed by atoms with Gasteiger partial charge in [-0.05, 0) is 36.6 Å². The van der Waals surface area contributed by atoms with Gasteiger partial charge in [-0.1, -0.05) is 0 Å². The van der Waals surface area contributed by atoms with Gasteiger partial charge < -0.3 is 19.7 Å². The number of tetrazole rings is 1. The SMILES string of the molecule is COC1(NC(=O)Cn2cnnn2)C(=O)N2C(C(=O)OC(C)(C)C)C(C=O)=CS[C@@H]21. The number of β-lactam (4-membered cyclic amide) rings is 1. The molecule has 2 aliphatic heterocycles. The minimum Gasteiger partial charge on any atom is -0.458 e. The number of amides is 2. The van der Waals surface area contributed by atoms with Gasteiger partial charge in [0.1, 0.15) is 30.1 Å². The fourth-order valence-corrected chi connectivity index (χ4v) is 4.28. The van der Waals surface area contributed by atoms with Gasteiger partial charge in [-0.25, -0.2) is 9.48 Å². The van der Waals surface area contributed by atoms with E-state index in [1.54, 1.807) is 20.8 Å². The molecule has 29 heavy (non-hydrogen) atoms. The molecule has 0 aromatic carbocycles. The fourth-order valence-electron chi connectivity index (χ4n) is 3.02. The highest BCUT2D eigenvalue weighted by atomic mass is 32.2. The molecule has 2 amide bonds. The second-order valence-corrected chi connectivity index (χ2v) is 8.32. The zero-order chi connectivity index (χ0) is 21.4. The Morgan fingerprint density at radius 1 is 1.41 bits per heavy atom. The first kappa shape index (κ1) is 20.9. The van der Waals surface area contributed by atoms with E-state index in [-0.39, 0.29) is 12.1 Å². The van der Waals surface area contributed by atoms with Crippen LogP contribution >= 0.6 is 11.8 Å². The van der Waals surface area contributed by atoms with E-state index in [1.807, 2.05) is 0 Å². The minimum atomic E-state index is -1.69. The molecule has 1 aromatic rings. The third kappa shape index (κ3) is 3.74.